The highest BCUT2D eigenvalue weighted by molar-refractivity contribution is 5.94. The Hall–Kier alpha value is -3.37. The number of carbonyl (C=O) groups is 2. The monoisotopic (exact) mass is 433 g/mol. The Bertz CT molecular complexity index is 1100. The summed E-state index contributed by atoms with van der Waals surface area (Å²) >= 11 is 0. The first-order valence-electron chi connectivity index (χ1n) is 10.9. The lowest BCUT2D eigenvalue weighted by atomic mass is 9.73. The van der Waals surface area contributed by atoms with E-state index in [4.69, 9.17) is 0 Å². The molecule has 0 radical (unpaired) electrons. The summed E-state index contributed by atoms with van der Waals surface area (Å²) in [4.78, 5) is 28.6. The molecule has 3 atom stereocenters. The molecule has 1 saturated carbocycles. The van der Waals surface area contributed by atoms with E-state index in [1.165, 1.54) is 29.9 Å². The first-order valence-corrected chi connectivity index (χ1v) is 10.9. The second kappa shape index (κ2) is 8.29. The number of piperazine rings is 1. The topological polar surface area (TPSA) is 72.9 Å². The summed E-state index contributed by atoms with van der Waals surface area (Å²) < 4.78 is 13.9. The van der Waals surface area contributed by atoms with Gasteiger partial charge >= 0.3 is 6.03 Å². The van der Waals surface area contributed by atoms with E-state index in [0.717, 1.165) is 11.1 Å². The smallest absolute Gasteiger partial charge is 0.322 e. The Morgan fingerprint density at radius 1 is 1.16 bits per heavy atom. The number of nitrogens with one attached hydrogen (secondary N) is 1. The van der Waals surface area contributed by atoms with Crippen molar-refractivity contribution in [2.75, 3.05) is 25.0 Å². The van der Waals surface area contributed by atoms with Crippen LogP contribution in [0.1, 0.15) is 29.9 Å². The Balaban J connectivity index is 1.32. The number of anilines is 1. The molecule has 0 bridgehead atoms. The fourth-order valence-electron chi connectivity index (χ4n) is 4.61. The summed E-state index contributed by atoms with van der Waals surface area (Å²) in [6.45, 7) is 0.0731. The van der Waals surface area contributed by atoms with Crippen LogP contribution in [0.15, 0.2) is 48.5 Å². The minimum Gasteiger partial charge on any atom is -0.394 e. The molecule has 164 valence electrons. The summed E-state index contributed by atoms with van der Waals surface area (Å²) in [5.41, 5.74) is 2.03. The van der Waals surface area contributed by atoms with E-state index in [-0.39, 0.29) is 42.7 Å². The van der Waals surface area contributed by atoms with Gasteiger partial charge in [-0.25, -0.2) is 9.18 Å². The molecule has 32 heavy (non-hydrogen) atoms. The minimum atomic E-state index is -0.530. The van der Waals surface area contributed by atoms with Crippen molar-refractivity contribution >= 4 is 17.6 Å². The zero-order valence-corrected chi connectivity index (χ0v) is 17.5. The Morgan fingerprint density at radius 3 is 2.59 bits per heavy atom. The molecular formula is C25H24FN3O3. The van der Waals surface area contributed by atoms with Crippen LogP contribution in [-0.4, -0.2) is 58.6 Å². The summed E-state index contributed by atoms with van der Waals surface area (Å²) in [6.07, 6.45) is 2.36. The van der Waals surface area contributed by atoms with Gasteiger partial charge < -0.3 is 20.2 Å². The van der Waals surface area contributed by atoms with Gasteiger partial charge in [0.25, 0.3) is 0 Å². The van der Waals surface area contributed by atoms with Gasteiger partial charge in [0, 0.05) is 23.9 Å². The van der Waals surface area contributed by atoms with E-state index in [1.807, 2.05) is 24.3 Å². The van der Waals surface area contributed by atoms with Crippen LogP contribution >= 0.6 is 0 Å². The number of aliphatic hydroxyl groups is 1. The molecule has 1 aliphatic carbocycles. The predicted octanol–water partition coefficient (Wildman–Crippen LogP) is 2.79. The third-order valence-electron chi connectivity index (χ3n) is 6.45. The van der Waals surface area contributed by atoms with Gasteiger partial charge in [-0.3, -0.25) is 4.79 Å². The number of nitrogens with zero attached hydrogens (tertiary/aromatic N) is 2. The molecule has 3 amide bonds. The molecule has 5 rings (SSSR count). The van der Waals surface area contributed by atoms with Crippen LogP contribution in [0.3, 0.4) is 0 Å². The molecule has 0 unspecified atom stereocenters. The lowest BCUT2D eigenvalue weighted by molar-refractivity contribution is -0.159. The summed E-state index contributed by atoms with van der Waals surface area (Å²) in [5.74, 6) is 6.13. The van der Waals surface area contributed by atoms with Crippen LogP contribution in [0.5, 0.6) is 0 Å². The van der Waals surface area contributed by atoms with Crippen LogP contribution in [0, 0.1) is 23.6 Å². The van der Waals surface area contributed by atoms with Gasteiger partial charge in [-0.1, -0.05) is 36.1 Å². The van der Waals surface area contributed by atoms with E-state index >= 15 is 0 Å². The SMILES string of the molecule is O=C(Nc1ccccc1F)N1CC(=O)N2[C@H](C1)[C@H](c1ccc(C#CC3CC3)cc1)[C@@H]2CO. The van der Waals surface area contributed by atoms with Crippen LogP contribution in [-0.2, 0) is 4.79 Å². The number of hydrogen-bond acceptors (Lipinski definition) is 3. The number of rotatable bonds is 3. The standard InChI is InChI=1S/C25H24FN3O3/c26-19-3-1-2-4-20(19)27-25(32)28-13-21-24(22(15-30)29(21)23(31)14-28)18-11-9-17(10-12-18)8-7-16-5-6-16/h1-4,9-12,16,21-22,24,30H,5-6,13-15H2,(H,27,32)/t21-,22+,24+/m1/s1. The summed E-state index contributed by atoms with van der Waals surface area (Å²) in [7, 11) is 0. The van der Waals surface area contributed by atoms with Crippen molar-refractivity contribution in [2.24, 2.45) is 5.92 Å². The van der Waals surface area contributed by atoms with E-state index in [1.54, 1.807) is 17.0 Å². The number of para-hydroxylation sites is 1. The number of benzene rings is 2. The zero-order chi connectivity index (χ0) is 22.2. The third-order valence-corrected chi connectivity index (χ3v) is 6.45. The van der Waals surface area contributed by atoms with Crippen molar-refractivity contribution in [2.45, 2.75) is 30.8 Å². The quantitative estimate of drug-likeness (QED) is 0.732. The summed E-state index contributed by atoms with van der Waals surface area (Å²) in [6, 6.07) is 12.8. The zero-order valence-electron chi connectivity index (χ0n) is 17.5. The number of carbonyl (C=O) groups excluding carboxylic acids is 2. The Kier molecular flexibility index (Phi) is 5.32. The maximum absolute atomic E-state index is 13.9. The van der Waals surface area contributed by atoms with Crippen molar-refractivity contribution in [3.8, 4) is 11.8 Å². The number of urea groups is 1. The number of hydrogen-bond donors (Lipinski definition) is 2. The molecule has 0 spiro atoms. The molecule has 2 aliphatic heterocycles. The highest BCUT2D eigenvalue weighted by Gasteiger charge is 2.54. The highest BCUT2D eigenvalue weighted by Crippen LogP contribution is 2.43. The van der Waals surface area contributed by atoms with E-state index in [2.05, 4.69) is 17.2 Å². The van der Waals surface area contributed by atoms with E-state index < -0.39 is 11.8 Å². The van der Waals surface area contributed by atoms with Gasteiger partial charge in [0.2, 0.25) is 5.91 Å². The molecule has 0 aromatic heterocycles. The highest BCUT2D eigenvalue weighted by atomic mass is 19.1. The number of fused-ring (bicyclic) bond motifs is 1. The van der Waals surface area contributed by atoms with Gasteiger partial charge in [-0.2, -0.15) is 0 Å². The number of halogens is 1. The molecule has 2 saturated heterocycles. The molecule has 2 heterocycles. The van der Waals surface area contributed by atoms with Crippen molar-refractivity contribution in [1.82, 2.24) is 9.80 Å². The average Bonchev–Trinajstić information content (AvgIpc) is 3.60. The second-order valence-corrected chi connectivity index (χ2v) is 8.60. The van der Waals surface area contributed by atoms with Gasteiger partial charge in [-0.05, 0) is 42.7 Å². The lowest BCUT2D eigenvalue weighted by Crippen LogP contribution is -2.73. The number of aliphatic hydroxyl groups excluding tert-OH is 1. The molecule has 3 aliphatic rings. The van der Waals surface area contributed by atoms with Crippen molar-refractivity contribution in [3.05, 3.63) is 65.5 Å². The minimum absolute atomic E-state index is 0.0775. The van der Waals surface area contributed by atoms with Crippen molar-refractivity contribution < 1.29 is 19.1 Å². The molecule has 2 aromatic carbocycles. The lowest BCUT2D eigenvalue weighted by Gasteiger charge is -2.58. The van der Waals surface area contributed by atoms with Crippen LogP contribution in [0.4, 0.5) is 14.9 Å². The van der Waals surface area contributed by atoms with Gasteiger partial charge in [0.05, 0.1) is 24.4 Å². The average molecular weight is 433 g/mol. The molecule has 2 N–H and O–H groups in total. The van der Waals surface area contributed by atoms with Gasteiger partial charge in [0.1, 0.15) is 12.4 Å². The van der Waals surface area contributed by atoms with Crippen molar-refractivity contribution in [1.29, 1.82) is 0 Å². The Labute approximate surface area is 186 Å². The van der Waals surface area contributed by atoms with E-state index in [0.29, 0.717) is 12.5 Å². The van der Waals surface area contributed by atoms with Crippen LogP contribution in [0.2, 0.25) is 0 Å². The van der Waals surface area contributed by atoms with Gasteiger partial charge in [-0.15, -0.1) is 0 Å². The van der Waals surface area contributed by atoms with E-state index in [9.17, 15) is 19.1 Å². The summed E-state index contributed by atoms with van der Waals surface area (Å²) in [5, 5.41) is 12.5. The predicted molar refractivity (Wildman–Crippen MR) is 117 cm³/mol. The molecule has 6 nitrogen and oxygen atoms in total. The van der Waals surface area contributed by atoms with Gasteiger partial charge in [0.15, 0.2) is 0 Å². The maximum atomic E-state index is 13.9. The molecule has 7 heteroatoms. The largest absolute Gasteiger partial charge is 0.394 e. The third kappa shape index (κ3) is 3.82. The fourth-order valence-corrected chi connectivity index (χ4v) is 4.61. The number of amides is 3. The van der Waals surface area contributed by atoms with Crippen LogP contribution < -0.4 is 5.32 Å². The molecule has 3 fully saturated rings. The van der Waals surface area contributed by atoms with Crippen molar-refractivity contribution in [3.63, 3.8) is 0 Å². The normalized spacial score (nSPS) is 24.2. The Morgan fingerprint density at radius 2 is 1.91 bits per heavy atom. The molecular weight excluding hydrogens is 409 g/mol. The fraction of sp³-hybridized carbons (Fsp3) is 0.360. The second-order valence-electron chi connectivity index (χ2n) is 8.60. The molecule has 2 aromatic rings. The first-order chi connectivity index (χ1) is 15.5. The van der Waals surface area contributed by atoms with Crippen LogP contribution in [0.25, 0.3) is 0 Å². The maximum Gasteiger partial charge on any atom is 0.322 e. The first kappa shape index (κ1) is 20.5.